The monoisotopic (exact) mass is 320 g/mol. The molecule has 0 aromatic heterocycles. The molecule has 1 aromatic rings. The van der Waals surface area contributed by atoms with E-state index in [1.165, 1.54) is 5.75 Å². The SMILES string of the molecule is NCC1(Nc2ccc(Br)c(Cl)c2)CCSC1. The summed E-state index contributed by atoms with van der Waals surface area (Å²) in [6.45, 7) is 0.660. The number of benzene rings is 1. The highest BCUT2D eigenvalue weighted by Gasteiger charge is 2.32. The minimum absolute atomic E-state index is 0.0435. The van der Waals surface area contributed by atoms with Gasteiger partial charge >= 0.3 is 0 Å². The highest BCUT2D eigenvalue weighted by molar-refractivity contribution is 9.10. The van der Waals surface area contributed by atoms with Crippen molar-refractivity contribution in [2.24, 2.45) is 5.73 Å². The highest BCUT2D eigenvalue weighted by Crippen LogP contribution is 2.32. The minimum atomic E-state index is 0.0435. The van der Waals surface area contributed by atoms with Crippen molar-refractivity contribution in [3.63, 3.8) is 0 Å². The third kappa shape index (κ3) is 2.67. The predicted octanol–water partition coefficient (Wildman–Crippen LogP) is 3.35. The van der Waals surface area contributed by atoms with Crippen molar-refractivity contribution in [3.05, 3.63) is 27.7 Å². The van der Waals surface area contributed by atoms with Crippen molar-refractivity contribution in [1.82, 2.24) is 0 Å². The molecule has 1 aliphatic rings. The van der Waals surface area contributed by atoms with Gasteiger partial charge in [0.15, 0.2) is 0 Å². The van der Waals surface area contributed by atoms with E-state index >= 15 is 0 Å². The number of nitrogens with two attached hydrogens (primary N) is 1. The molecule has 2 rings (SSSR count). The molecule has 1 aromatic carbocycles. The van der Waals surface area contributed by atoms with E-state index in [0.29, 0.717) is 6.54 Å². The van der Waals surface area contributed by atoms with Crippen LogP contribution in [0.3, 0.4) is 0 Å². The van der Waals surface area contributed by atoms with Crippen LogP contribution in [-0.2, 0) is 0 Å². The molecule has 1 atom stereocenters. The van der Waals surface area contributed by atoms with Crippen molar-refractivity contribution < 1.29 is 0 Å². The summed E-state index contributed by atoms with van der Waals surface area (Å²) in [5.74, 6) is 2.24. The molecule has 0 radical (unpaired) electrons. The molecule has 16 heavy (non-hydrogen) atoms. The summed E-state index contributed by atoms with van der Waals surface area (Å²) in [6, 6.07) is 5.92. The van der Waals surface area contributed by atoms with Crippen molar-refractivity contribution in [3.8, 4) is 0 Å². The minimum Gasteiger partial charge on any atom is -0.377 e. The first-order chi connectivity index (χ1) is 7.65. The zero-order chi connectivity index (χ0) is 11.6. The smallest absolute Gasteiger partial charge is 0.0593 e. The fourth-order valence-corrected chi connectivity index (χ4v) is 3.63. The van der Waals surface area contributed by atoms with Gasteiger partial charge in [0.1, 0.15) is 0 Å². The second kappa shape index (κ2) is 5.17. The number of anilines is 1. The fourth-order valence-electron chi connectivity index (χ4n) is 1.80. The lowest BCUT2D eigenvalue weighted by atomic mass is 9.99. The third-order valence-electron chi connectivity index (χ3n) is 2.82. The van der Waals surface area contributed by atoms with Gasteiger partial charge < -0.3 is 11.1 Å². The molecule has 0 aliphatic carbocycles. The molecular formula is C11H14BrClN2S. The fraction of sp³-hybridized carbons (Fsp3) is 0.455. The maximum absolute atomic E-state index is 6.06. The maximum Gasteiger partial charge on any atom is 0.0593 e. The molecule has 1 heterocycles. The van der Waals surface area contributed by atoms with E-state index in [-0.39, 0.29) is 5.54 Å². The van der Waals surface area contributed by atoms with E-state index in [1.54, 1.807) is 0 Å². The summed E-state index contributed by atoms with van der Waals surface area (Å²) < 4.78 is 0.919. The van der Waals surface area contributed by atoms with Gasteiger partial charge in [-0.1, -0.05) is 11.6 Å². The Morgan fingerprint density at radius 1 is 1.56 bits per heavy atom. The van der Waals surface area contributed by atoms with Crippen LogP contribution in [0.15, 0.2) is 22.7 Å². The number of thioether (sulfide) groups is 1. The third-order valence-corrected chi connectivity index (χ3v) is 5.31. The summed E-state index contributed by atoms with van der Waals surface area (Å²) in [7, 11) is 0. The van der Waals surface area contributed by atoms with Crippen LogP contribution in [0.25, 0.3) is 0 Å². The molecule has 2 nitrogen and oxygen atoms in total. The zero-order valence-corrected chi connectivity index (χ0v) is 12.0. The Hall–Kier alpha value is 0.1000. The van der Waals surface area contributed by atoms with E-state index in [4.69, 9.17) is 17.3 Å². The van der Waals surface area contributed by atoms with Gasteiger partial charge in [-0.25, -0.2) is 0 Å². The number of hydrogen-bond acceptors (Lipinski definition) is 3. The first-order valence-electron chi connectivity index (χ1n) is 5.16. The topological polar surface area (TPSA) is 38.0 Å². The number of nitrogens with one attached hydrogen (secondary N) is 1. The first-order valence-corrected chi connectivity index (χ1v) is 7.49. The summed E-state index contributed by atoms with van der Waals surface area (Å²) in [4.78, 5) is 0. The first kappa shape index (κ1) is 12.6. The van der Waals surface area contributed by atoms with Gasteiger partial charge in [0.05, 0.1) is 10.6 Å². The Labute approximate surface area is 113 Å². The van der Waals surface area contributed by atoms with Gasteiger partial charge in [-0.3, -0.25) is 0 Å². The highest BCUT2D eigenvalue weighted by atomic mass is 79.9. The van der Waals surface area contributed by atoms with Crippen molar-refractivity contribution in [1.29, 1.82) is 0 Å². The van der Waals surface area contributed by atoms with Gasteiger partial charge in [0.2, 0.25) is 0 Å². The van der Waals surface area contributed by atoms with Crippen molar-refractivity contribution in [2.75, 3.05) is 23.4 Å². The van der Waals surface area contributed by atoms with E-state index < -0.39 is 0 Å². The van der Waals surface area contributed by atoms with Crippen LogP contribution in [0, 0.1) is 0 Å². The maximum atomic E-state index is 6.06. The van der Waals surface area contributed by atoms with Crippen LogP contribution in [0.1, 0.15) is 6.42 Å². The van der Waals surface area contributed by atoms with E-state index in [0.717, 1.165) is 27.4 Å². The van der Waals surface area contributed by atoms with E-state index in [9.17, 15) is 0 Å². The lowest BCUT2D eigenvalue weighted by Crippen LogP contribution is -2.45. The molecule has 0 spiro atoms. The van der Waals surface area contributed by atoms with Crippen LogP contribution < -0.4 is 11.1 Å². The molecule has 3 N–H and O–H groups in total. The van der Waals surface area contributed by atoms with Gasteiger partial charge in [0.25, 0.3) is 0 Å². The quantitative estimate of drug-likeness (QED) is 0.896. The second-order valence-electron chi connectivity index (χ2n) is 4.04. The van der Waals surface area contributed by atoms with Gasteiger partial charge in [-0.15, -0.1) is 0 Å². The zero-order valence-electron chi connectivity index (χ0n) is 8.80. The molecule has 1 unspecified atom stereocenters. The molecule has 1 saturated heterocycles. The van der Waals surface area contributed by atoms with Crippen molar-refractivity contribution in [2.45, 2.75) is 12.0 Å². The Balaban J connectivity index is 2.16. The van der Waals surface area contributed by atoms with Gasteiger partial charge in [-0.2, -0.15) is 11.8 Å². The molecule has 0 saturated carbocycles. The Bertz CT molecular complexity index is 380. The summed E-state index contributed by atoms with van der Waals surface area (Å²) in [5.41, 5.74) is 6.95. The van der Waals surface area contributed by atoms with Crippen LogP contribution in [-0.4, -0.2) is 23.6 Å². The molecule has 5 heteroatoms. The largest absolute Gasteiger partial charge is 0.377 e. The average Bonchev–Trinajstić information content (AvgIpc) is 2.73. The van der Waals surface area contributed by atoms with Crippen molar-refractivity contribution >= 4 is 45.0 Å². The average molecular weight is 322 g/mol. The van der Waals surface area contributed by atoms with Crippen LogP contribution in [0.4, 0.5) is 5.69 Å². The second-order valence-corrected chi connectivity index (χ2v) is 6.41. The molecule has 0 bridgehead atoms. The van der Waals surface area contributed by atoms with E-state index in [1.807, 2.05) is 30.0 Å². The van der Waals surface area contributed by atoms with E-state index in [2.05, 4.69) is 21.2 Å². The van der Waals surface area contributed by atoms with Crippen LogP contribution >= 0.6 is 39.3 Å². The summed E-state index contributed by atoms with van der Waals surface area (Å²) in [5, 5.41) is 4.25. The lowest BCUT2D eigenvalue weighted by molar-refractivity contribution is 0.537. The Morgan fingerprint density at radius 2 is 2.38 bits per heavy atom. The predicted molar refractivity (Wildman–Crippen MR) is 76.5 cm³/mol. The normalized spacial score (nSPS) is 24.7. The number of rotatable bonds is 3. The lowest BCUT2D eigenvalue weighted by Gasteiger charge is -2.29. The molecule has 0 amide bonds. The van der Waals surface area contributed by atoms with Crippen LogP contribution in [0.5, 0.6) is 0 Å². The standard InChI is InChI=1S/C11H14BrClN2S/c12-9-2-1-8(5-10(9)13)15-11(6-14)3-4-16-7-11/h1-2,5,15H,3-4,6-7,14H2. The molecule has 88 valence electrons. The number of halogens is 2. The Morgan fingerprint density at radius 3 is 2.94 bits per heavy atom. The summed E-state index contributed by atoms with van der Waals surface area (Å²) in [6.07, 6.45) is 1.11. The molecular weight excluding hydrogens is 308 g/mol. The number of hydrogen-bond donors (Lipinski definition) is 2. The molecule has 1 fully saturated rings. The Kier molecular flexibility index (Phi) is 4.06. The van der Waals surface area contributed by atoms with Gasteiger partial charge in [-0.05, 0) is 46.3 Å². The van der Waals surface area contributed by atoms with Gasteiger partial charge in [0, 0.05) is 22.5 Å². The molecule has 1 aliphatic heterocycles. The summed E-state index contributed by atoms with van der Waals surface area (Å²) >= 11 is 11.4. The van der Waals surface area contributed by atoms with Crippen LogP contribution in [0.2, 0.25) is 5.02 Å².